The van der Waals surface area contributed by atoms with Gasteiger partial charge >= 0.3 is 0 Å². The van der Waals surface area contributed by atoms with Crippen molar-refractivity contribution in [2.75, 3.05) is 20.8 Å². The summed E-state index contributed by atoms with van der Waals surface area (Å²) in [7, 11) is 3.26. The van der Waals surface area contributed by atoms with Crippen LogP contribution in [0, 0.1) is 0 Å². The van der Waals surface area contributed by atoms with Crippen molar-refractivity contribution in [2.24, 2.45) is 5.73 Å². The third kappa shape index (κ3) is 3.42. The molecule has 1 aromatic carbocycles. The SMILES string of the molecule is COc1cc(OC)cc(-c2nnc(CCCN)s2)c1. The number of methoxy groups -OCH3 is 2. The molecule has 2 N–H and O–H groups in total. The fourth-order valence-electron chi connectivity index (χ4n) is 1.66. The predicted molar refractivity (Wildman–Crippen MR) is 75.8 cm³/mol. The number of ether oxygens (including phenoxy) is 2. The molecule has 102 valence electrons. The van der Waals surface area contributed by atoms with Crippen molar-refractivity contribution in [3.8, 4) is 22.1 Å². The molecule has 19 heavy (non-hydrogen) atoms. The van der Waals surface area contributed by atoms with Crippen LogP contribution in [0.1, 0.15) is 11.4 Å². The van der Waals surface area contributed by atoms with E-state index in [2.05, 4.69) is 10.2 Å². The number of benzene rings is 1. The second kappa shape index (κ2) is 6.49. The van der Waals surface area contributed by atoms with E-state index < -0.39 is 0 Å². The van der Waals surface area contributed by atoms with Crippen LogP contribution in [-0.2, 0) is 6.42 Å². The summed E-state index contributed by atoms with van der Waals surface area (Å²) in [6.45, 7) is 0.669. The molecule has 0 aliphatic rings. The van der Waals surface area contributed by atoms with Gasteiger partial charge in [0.2, 0.25) is 0 Å². The van der Waals surface area contributed by atoms with Gasteiger partial charge < -0.3 is 15.2 Å². The Labute approximate surface area is 116 Å². The van der Waals surface area contributed by atoms with Crippen LogP contribution in [0.3, 0.4) is 0 Å². The fourth-order valence-corrected chi connectivity index (χ4v) is 2.52. The highest BCUT2D eigenvalue weighted by Crippen LogP contribution is 2.31. The molecule has 0 unspecified atom stereocenters. The van der Waals surface area contributed by atoms with Gasteiger partial charge in [-0.15, -0.1) is 10.2 Å². The summed E-state index contributed by atoms with van der Waals surface area (Å²) >= 11 is 1.58. The number of nitrogens with zero attached hydrogens (tertiary/aromatic N) is 2. The number of nitrogens with two attached hydrogens (primary N) is 1. The first-order valence-electron chi connectivity index (χ1n) is 6.02. The molecule has 0 saturated heterocycles. The maximum Gasteiger partial charge on any atom is 0.148 e. The standard InChI is InChI=1S/C13H17N3O2S/c1-17-10-6-9(7-11(8-10)18-2)13-16-15-12(19-13)4-3-5-14/h6-8H,3-5,14H2,1-2H3. The van der Waals surface area contributed by atoms with Gasteiger partial charge in [0.05, 0.1) is 14.2 Å². The second-order valence-corrected chi connectivity index (χ2v) is 5.06. The van der Waals surface area contributed by atoms with Crippen LogP contribution in [0.15, 0.2) is 18.2 Å². The van der Waals surface area contributed by atoms with Crippen molar-refractivity contribution >= 4 is 11.3 Å². The Bertz CT molecular complexity index is 520. The lowest BCUT2D eigenvalue weighted by molar-refractivity contribution is 0.394. The Morgan fingerprint density at radius 2 is 1.79 bits per heavy atom. The molecule has 1 heterocycles. The molecule has 0 saturated carbocycles. The topological polar surface area (TPSA) is 70.3 Å². The van der Waals surface area contributed by atoms with Gasteiger partial charge in [0, 0.05) is 18.1 Å². The zero-order chi connectivity index (χ0) is 13.7. The molecule has 0 amide bonds. The van der Waals surface area contributed by atoms with E-state index in [9.17, 15) is 0 Å². The molecular weight excluding hydrogens is 262 g/mol. The minimum Gasteiger partial charge on any atom is -0.497 e. The van der Waals surface area contributed by atoms with E-state index in [1.165, 1.54) is 0 Å². The normalized spacial score (nSPS) is 10.5. The highest BCUT2D eigenvalue weighted by molar-refractivity contribution is 7.14. The fraction of sp³-hybridized carbons (Fsp3) is 0.385. The van der Waals surface area contributed by atoms with Crippen LogP contribution in [0.25, 0.3) is 10.6 Å². The monoisotopic (exact) mass is 279 g/mol. The van der Waals surface area contributed by atoms with E-state index >= 15 is 0 Å². The molecule has 2 rings (SSSR count). The minimum atomic E-state index is 0.669. The third-order valence-electron chi connectivity index (χ3n) is 2.66. The van der Waals surface area contributed by atoms with Crippen molar-refractivity contribution < 1.29 is 9.47 Å². The zero-order valence-electron chi connectivity index (χ0n) is 11.0. The summed E-state index contributed by atoms with van der Waals surface area (Å²) in [6, 6.07) is 5.69. The van der Waals surface area contributed by atoms with E-state index in [-0.39, 0.29) is 0 Å². The first kappa shape index (κ1) is 13.8. The van der Waals surface area contributed by atoms with E-state index in [0.29, 0.717) is 6.54 Å². The van der Waals surface area contributed by atoms with Gasteiger partial charge in [0.1, 0.15) is 21.5 Å². The maximum absolute atomic E-state index is 5.49. The van der Waals surface area contributed by atoms with E-state index in [1.807, 2.05) is 18.2 Å². The van der Waals surface area contributed by atoms with Crippen LogP contribution in [0.2, 0.25) is 0 Å². The third-order valence-corrected chi connectivity index (χ3v) is 3.69. The average molecular weight is 279 g/mol. The first-order chi connectivity index (χ1) is 9.26. The quantitative estimate of drug-likeness (QED) is 0.877. The molecule has 1 aromatic heterocycles. The summed E-state index contributed by atoms with van der Waals surface area (Å²) in [5.74, 6) is 1.49. The van der Waals surface area contributed by atoms with E-state index in [1.54, 1.807) is 25.6 Å². The van der Waals surface area contributed by atoms with Crippen molar-refractivity contribution in [3.05, 3.63) is 23.2 Å². The molecule has 6 heteroatoms. The van der Waals surface area contributed by atoms with Gasteiger partial charge in [-0.05, 0) is 25.1 Å². The number of aryl methyl sites for hydroxylation is 1. The number of aromatic nitrogens is 2. The number of hydrogen-bond acceptors (Lipinski definition) is 6. The molecule has 0 aliphatic carbocycles. The lowest BCUT2D eigenvalue weighted by atomic mass is 10.2. The Balaban J connectivity index is 2.27. The lowest BCUT2D eigenvalue weighted by Gasteiger charge is -2.06. The van der Waals surface area contributed by atoms with Gasteiger partial charge in [-0.25, -0.2) is 0 Å². The highest BCUT2D eigenvalue weighted by Gasteiger charge is 2.09. The number of rotatable bonds is 6. The Morgan fingerprint density at radius 1 is 1.11 bits per heavy atom. The van der Waals surface area contributed by atoms with Gasteiger partial charge in [-0.3, -0.25) is 0 Å². The molecule has 0 spiro atoms. The van der Waals surface area contributed by atoms with Crippen molar-refractivity contribution in [1.29, 1.82) is 0 Å². The van der Waals surface area contributed by atoms with Gasteiger partial charge in [-0.1, -0.05) is 11.3 Å². The maximum atomic E-state index is 5.49. The molecule has 2 aromatic rings. The lowest BCUT2D eigenvalue weighted by Crippen LogP contribution is -1.99. The van der Waals surface area contributed by atoms with Gasteiger partial charge in [0.25, 0.3) is 0 Å². The molecule has 5 nitrogen and oxygen atoms in total. The first-order valence-corrected chi connectivity index (χ1v) is 6.84. The zero-order valence-corrected chi connectivity index (χ0v) is 11.9. The Morgan fingerprint density at radius 3 is 2.37 bits per heavy atom. The molecule has 0 radical (unpaired) electrons. The molecule has 0 atom stereocenters. The summed E-state index contributed by atoms with van der Waals surface area (Å²) in [5, 5.41) is 10.2. The predicted octanol–water partition coefficient (Wildman–Crippen LogP) is 2.11. The summed E-state index contributed by atoms with van der Waals surface area (Å²) < 4.78 is 10.5. The van der Waals surface area contributed by atoms with E-state index in [4.69, 9.17) is 15.2 Å². The second-order valence-electron chi connectivity index (χ2n) is 3.99. The molecule has 0 fully saturated rings. The molecular formula is C13H17N3O2S. The summed E-state index contributed by atoms with van der Waals surface area (Å²) in [5.41, 5.74) is 6.45. The van der Waals surface area contributed by atoms with Crippen LogP contribution >= 0.6 is 11.3 Å². The Hall–Kier alpha value is -1.66. The van der Waals surface area contributed by atoms with Crippen molar-refractivity contribution in [3.63, 3.8) is 0 Å². The Kier molecular flexibility index (Phi) is 4.70. The molecule has 0 aliphatic heterocycles. The van der Waals surface area contributed by atoms with Gasteiger partial charge in [-0.2, -0.15) is 0 Å². The largest absolute Gasteiger partial charge is 0.497 e. The van der Waals surface area contributed by atoms with E-state index in [0.717, 1.165) is 39.9 Å². The highest BCUT2D eigenvalue weighted by atomic mass is 32.1. The smallest absolute Gasteiger partial charge is 0.148 e. The average Bonchev–Trinajstić information content (AvgIpc) is 2.93. The molecule has 0 bridgehead atoms. The summed E-state index contributed by atoms with van der Waals surface area (Å²) in [6.07, 6.45) is 1.80. The van der Waals surface area contributed by atoms with Crippen LogP contribution in [0.4, 0.5) is 0 Å². The van der Waals surface area contributed by atoms with Crippen LogP contribution in [0.5, 0.6) is 11.5 Å². The van der Waals surface area contributed by atoms with Crippen LogP contribution < -0.4 is 15.2 Å². The van der Waals surface area contributed by atoms with Crippen molar-refractivity contribution in [1.82, 2.24) is 10.2 Å². The van der Waals surface area contributed by atoms with Gasteiger partial charge in [0.15, 0.2) is 0 Å². The van der Waals surface area contributed by atoms with Crippen LogP contribution in [-0.4, -0.2) is 31.0 Å². The summed E-state index contributed by atoms with van der Waals surface area (Å²) in [4.78, 5) is 0. The van der Waals surface area contributed by atoms with Crippen molar-refractivity contribution in [2.45, 2.75) is 12.8 Å². The minimum absolute atomic E-state index is 0.669. The number of hydrogen-bond donors (Lipinski definition) is 1.